The highest BCUT2D eigenvalue weighted by atomic mass is 16.6. The Hall–Kier alpha value is -1.35. The van der Waals surface area contributed by atoms with Gasteiger partial charge in [-0.3, -0.25) is 0 Å². The lowest BCUT2D eigenvalue weighted by molar-refractivity contribution is 0.128. The Balaban J connectivity index is 2.28. The molecule has 1 aromatic carbocycles. The molecule has 1 rings (SSSR count). The van der Waals surface area contributed by atoms with Crippen LogP contribution in [0.5, 0.6) is 0 Å². The second-order valence-corrected chi connectivity index (χ2v) is 2.75. The van der Waals surface area contributed by atoms with Crippen LogP contribution in [0.15, 0.2) is 35.5 Å². The molecule has 1 atom stereocenters. The molecule has 70 valence electrons. The Bertz CT molecular complexity index is 257. The number of aliphatic hydroxyl groups excluding tert-OH is 1. The zero-order valence-electron chi connectivity index (χ0n) is 7.55. The van der Waals surface area contributed by atoms with Gasteiger partial charge in [-0.05, 0) is 12.5 Å². The summed E-state index contributed by atoms with van der Waals surface area (Å²) in [6.07, 6.45) is 0.791. The van der Waals surface area contributed by atoms with Crippen LogP contribution in [0.25, 0.3) is 0 Å². The highest BCUT2D eigenvalue weighted by Crippen LogP contribution is 1.99. The van der Waals surface area contributed by atoms with Crippen molar-refractivity contribution in [3.8, 4) is 0 Å². The van der Waals surface area contributed by atoms with E-state index in [1.807, 2.05) is 30.3 Å². The number of nitrogens with zero attached hydrogens (tertiary/aromatic N) is 1. The molecule has 3 heteroatoms. The molecule has 0 aliphatic rings. The lowest BCUT2D eigenvalue weighted by Crippen LogP contribution is -2.00. The first-order valence-electron chi connectivity index (χ1n) is 4.16. The van der Waals surface area contributed by atoms with Gasteiger partial charge in [0.1, 0.15) is 6.61 Å². The number of benzene rings is 1. The van der Waals surface area contributed by atoms with E-state index in [-0.39, 0.29) is 0 Å². The van der Waals surface area contributed by atoms with E-state index in [0.717, 1.165) is 5.56 Å². The van der Waals surface area contributed by atoms with E-state index in [4.69, 9.17) is 9.94 Å². The third-order valence-corrected chi connectivity index (χ3v) is 1.43. The van der Waals surface area contributed by atoms with Gasteiger partial charge in [-0.15, -0.1) is 0 Å². The Morgan fingerprint density at radius 3 is 2.77 bits per heavy atom. The summed E-state index contributed by atoms with van der Waals surface area (Å²) in [4.78, 5) is 4.94. The standard InChI is InChI=1S/C10H13NO2/c1-9(12)7-11-13-8-10-5-3-2-4-6-10/h2-7,9,12H,8H2,1H3/b11-7+/t9-/m0/s1. The van der Waals surface area contributed by atoms with E-state index < -0.39 is 6.10 Å². The molecule has 0 aromatic heterocycles. The minimum Gasteiger partial charge on any atom is -0.391 e. The van der Waals surface area contributed by atoms with Crippen LogP contribution in [0.3, 0.4) is 0 Å². The molecule has 0 radical (unpaired) electrons. The lowest BCUT2D eigenvalue weighted by atomic mass is 10.2. The molecule has 3 nitrogen and oxygen atoms in total. The van der Waals surface area contributed by atoms with E-state index >= 15 is 0 Å². The molecule has 0 bridgehead atoms. The van der Waals surface area contributed by atoms with Crippen molar-refractivity contribution >= 4 is 6.21 Å². The summed E-state index contributed by atoms with van der Waals surface area (Å²) in [5.74, 6) is 0. The minimum absolute atomic E-state index is 0.435. The molecule has 0 amide bonds. The Morgan fingerprint density at radius 2 is 2.15 bits per heavy atom. The summed E-state index contributed by atoms with van der Waals surface area (Å²) < 4.78 is 0. The average molecular weight is 179 g/mol. The fourth-order valence-electron chi connectivity index (χ4n) is 0.817. The summed E-state index contributed by atoms with van der Waals surface area (Å²) in [6.45, 7) is 2.05. The van der Waals surface area contributed by atoms with Gasteiger partial charge in [0.2, 0.25) is 0 Å². The molecule has 1 aromatic rings. The molecular formula is C10H13NO2. The highest BCUT2D eigenvalue weighted by molar-refractivity contribution is 5.61. The van der Waals surface area contributed by atoms with Crippen LogP contribution < -0.4 is 0 Å². The zero-order valence-corrected chi connectivity index (χ0v) is 7.55. The quantitative estimate of drug-likeness (QED) is 0.563. The number of hydrogen-bond acceptors (Lipinski definition) is 3. The van der Waals surface area contributed by atoms with Crippen molar-refractivity contribution in [1.82, 2.24) is 0 Å². The van der Waals surface area contributed by atoms with E-state index in [9.17, 15) is 0 Å². The second kappa shape index (κ2) is 5.32. The first-order chi connectivity index (χ1) is 6.29. The van der Waals surface area contributed by atoms with Gasteiger partial charge in [-0.25, -0.2) is 0 Å². The molecule has 0 fully saturated rings. The maximum atomic E-state index is 8.82. The van der Waals surface area contributed by atoms with Crippen molar-refractivity contribution in [2.75, 3.05) is 0 Å². The fraction of sp³-hybridized carbons (Fsp3) is 0.300. The maximum absolute atomic E-state index is 8.82. The van der Waals surface area contributed by atoms with Crippen LogP contribution >= 0.6 is 0 Å². The van der Waals surface area contributed by atoms with E-state index in [1.54, 1.807) is 6.92 Å². The first kappa shape index (κ1) is 9.74. The van der Waals surface area contributed by atoms with Crippen LogP contribution in [-0.2, 0) is 11.4 Å². The fourth-order valence-corrected chi connectivity index (χ4v) is 0.817. The van der Waals surface area contributed by atoms with Crippen molar-refractivity contribution in [1.29, 1.82) is 0 Å². The van der Waals surface area contributed by atoms with Gasteiger partial charge in [-0.1, -0.05) is 35.5 Å². The Morgan fingerprint density at radius 1 is 1.46 bits per heavy atom. The molecule has 0 heterocycles. The van der Waals surface area contributed by atoms with Gasteiger partial charge in [0.05, 0.1) is 12.3 Å². The van der Waals surface area contributed by atoms with Gasteiger partial charge in [0, 0.05) is 0 Å². The first-order valence-corrected chi connectivity index (χ1v) is 4.16. The molecular weight excluding hydrogens is 166 g/mol. The van der Waals surface area contributed by atoms with Crippen LogP contribution in [0.2, 0.25) is 0 Å². The molecule has 0 aliphatic carbocycles. The zero-order chi connectivity index (χ0) is 9.52. The van der Waals surface area contributed by atoms with Crippen LogP contribution in [0, 0.1) is 0 Å². The summed E-state index contributed by atoms with van der Waals surface area (Å²) in [5.41, 5.74) is 1.06. The number of hydrogen-bond donors (Lipinski definition) is 1. The SMILES string of the molecule is C[C@H](O)/C=N/OCc1ccccc1. The smallest absolute Gasteiger partial charge is 0.142 e. The molecule has 0 saturated carbocycles. The summed E-state index contributed by atoms with van der Waals surface area (Å²) in [7, 11) is 0. The Labute approximate surface area is 77.6 Å². The van der Waals surface area contributed by atoms with Crippen molar-refractivity contribution in [3.05, 3.63) is 35.9 Å². The van der Waals surface area contributed by atoms with Crippen molar-refractivity contribution in [3.63, 3.8) is 0 Å². The van der Waals surface area contributed by atoms with E-state index in [2.05, 4.69) is 5.16 Å². The monoisotopic (exact) mass is 179 g/mol. The van der Waals surface area contributed by atoms with Gasteiger partial charge in [0.25, 0.3) is 0 Å². The van der Waals surface area contributed by atoms with Crippen molar-refractivity contribution in [2.24, 2.45) is 5.16 Å². The van der Waals surface area contributed by atoms with Gasteiger partial charge in [-0.2, -0.15) is 0 Å². The molecule has 0 unspecified atom stereocenters. The van der Waals surface area contributed by atoms with Crippen molar-refractivity contribution < 1.29 is 9.94 Å². The van der Waals surface area contributed by atoms with E-state index in [0.29, 0.717) is 6.61 Å². The maximum Gasteiger partial charge on any atom is 0.142 e. The topological polar surface area (TPSA) is 41.8 Å². The molecule has 0 aliphatic heterocycles. The normalized spacial score (nSPS) is 13.1. The number of rotatable bonds is 4. The van der Waals surface area contributed by atoms with Gasteiger partial charge < -0.3 is 9.94 Å². The Kier molecular flexibility index (Phi) is 3.99. The third-order valence-electron chi connectivity index (χ3n) is 1.43. The van der Waals surface area contributed by atoms with Crippen molar-refractivity contribution in [2.45, 2.75) is 19.6 Å². The highest BCUT2D eigenvalue weighted by Gasteiger charge is 1.90. The summed E-state index contributed by atoms with van der Waals surface area (Å²) in [5, 5.41) is 12.4. The molecule has 13 heavy (non-hydrogen) atoms. The van der Waals surface area contributed by atoms with E-state index in [1.165, 1.54) is 6.21 Å². The van der Waals surface area contributed by atoms with Crippen LogP contribution in [-0.4, -0.2) is 17.4 Å². The number of aliphatic hydroxyl groups is 1. The van der Waals surface area contributed by atoms with Crippen LogP contribution in [0.4, 0.5) is 0 Å². The predicted octanol–water partition coefficient (Wildman–Crippen LogP) is 1.57. The van der Waals surface area contributed by atoms with Gasteiger partial charge in [0.15, 0.2) is 0 Å². The average Bonchev–Trinajstić information content (AvgIpc) is 2.14. The van der Waals surface area contributed by atoms with Gasteiger partial charge >= 0.3 is 0 Å². The molecule has 1 N–H and O–H groups in total. The minimum atomic E-state index is -0.559. The molecule has 0 spiro atoms. The lowest BCUT2D eigenvalue weighted by Gasteiger charge is -1.98. The second-order valence-electron chi connectivity index (χ2n) is 2.75. The van der Waals surface area contributed by atoms with Crippen LogP contribution in [0.1, 0.15) is 12.5 Å². The summed E-state index contributed by atoms with van der Waals surface area (Å²) in [6, 6.07) is 9.74. The molecule has 0 saturated heterocycles. The third kappa shape index (κ3) is 4.28. The predicted molar refractivity (Wildman–Crippen MR) is 51.4 cm³/mol. The largest absolute Gasteiger partial charge is 0.391 e. The number of oxime groups is 1. The summed E-state index contributed by atoms with van der Waals surface area (Å²) >= 11 is 0.